The molecule has 1 aromatic heterocycles. The van der Waals surface area contributed by atoms with Crippen LogP contribution in [0.15, 0.2) is 30.5 Å². The third-order valence-electron chi connectivity index (χ3n) is 7.33. The van der Waals surface area contributed by atoms with Crippen LogP contribution in [-0.2, 0) is 4.74 Å². The maximum atomic E-state index is 12.8. The summed E-state index contributed by atoms with van der Waals surface area (Å²) in [5.41, 5.74) is 1.53. The lowest BCUT2D eigenvalue weighted by Crippen LogP contribution is -2.51. The van der Waals surface area contributed by atoms with Gasteiger partial charge in [-0.25, -0.2) is 4.79 Å². The highest BCUT2D eigenvalue weighted by atomic mass is 16.6. The van der Waals surface area contributed by atoms with E-state index in [1.54, 1.807) is 7.11 Å². The molecule has 0 spiro atoms. The molecule has 2 aliphatic heterocycles. The second kappa shape index (κ2) is 11.6. The zero-order valence-electron chi connectivity index (χ0n) is 22.3. The Balaban J connectivity index is 1.49. The number of likely N-dealkylation sites (tertiary alicyclic amines) is 1. The number of hydrogen-bond donors (Lipinski definition) is 1. The molecular formula is C28H42N4O4. The number of hydrogen-bond acceptors (Lipinski definition) is 7. The van der Waals surface area contributed by atoms with Crippen LogP contribution in [0, 0.1) is 5.92 Å². The van der Waals surface area contributed by atoms with Crippen LogP contribution in [-0.4, -0.2) is 90.6 Å². The molecule has 1 N–H and O–H groups in total. The van der Waals surface area contributed by atoms with Gasteiger partial charge in [0, 0.05) is 63.5 Å². The number of nitrogens with zero attached hydrogens (tertiary/aromatic N) is 4. The number of anilines is 1. The van der Waals surface area contributed by atoms with Crippen molar-refractivity contribution in [1.82, 2.24) is 14.8 Å². The molecule has 4 rings (SSSR count). The zero-order valence-corrected chi connectivity index (χ0v) is 22.3. The SMILES string of the molecule is COc1ccc2cccnc2c1N1CCCN(C(CCO)C2CCCN(C(=O)OC(C)(C)C)C2)CC1. The molecule has 0 radical (unpaired) electrons. The summed E-state index contributed by atoms with van der Waals surface area (Å²) in [5.74, 6) is 1.17. The van der Waals surface area contributed by atoms with Gasteiger partial charge in [0.25, 0.3) is 0 Å². The molecule has 2 fully saturated rings. The van der Waals surface area contributed by atoms with E-state index in [4.69, 9.17) is 9.47 Å². The maximum Gasteiger partial charge on any atom is 0.410 e. The van der Waals surface area contributed by atoms with Gasteiger partial charge in [-0.15, -0.1) is 0 Å². The topological polar surface area (TPSA) is 78.4 Å². The standard InChI is InChI=1S/C28H42N4O4/c1-28(2,3)36-27(34)32-14-6-9-22(20-32)23(12-19-33)30-15-7-16-31(18-17-30)26-24(35-4)11-10-21-8-5-13-29-25(21)26/h5,8,10-11,13,22-23,33H,6-7,9,12,14-20H2,1-4H3. The smallest absolute Gasteiger partial charge is 0.410 e. The zero-order chi connectivity index (χ0) is 25.7. The molecule has 1 aromatic carbocycles. The summed E-state index contributed by atoms with van der Waals surface area (Å²) in [6.45, 7) is 10.9. The van der Waals surface area contributed by atoms with Gasteiger partial charge < -0.3 is 24.4 Å². The van der Waals surface area contributed by atoms with E-state index in [2.05, 4.69) is 26.9 Å². The number of pyridine rings is 1. The van der Waals surface area contributed by atoms with E-state index < -0.39 is 5.60 Å². The summed E-state index contributed by atoms with van der Waals surface area (Å²) in [7, 11) is 1.72. The van der Waals surface area contributed by atoms with Crippen LogP contribution in [0.3, 0.4) is 0 Å². The van der Waals surface area contributed by atoms with Crippen molar-refractivity contribution in [2.45, 2.75) is 58.1 Å². The van der Waals surface area contributed by atoms with Gasteiger partial charge in [0.15, 0.2) is 0 Å². The molecule has 1 amide bonds. The van der Waals surface area contributed by atoms with Crippen molar-refractivity contribution in [3.05, 3.63) is 30.5 Å². The largest absolute Gasteiger partial charge is 0.494 e. The number of aliphatic hydroxyl groups excluding tert-OH is 1. The fraction of sp³-hybridized carbons (Fsp3) is 0.643. The van der Waals surface area contributed by atoms with Gasteiger partial charge >= 0.3 is 6.09 Å². The highest BCUT2D eigenvalue weighted by Gasteiger charge is 2.35. The third-order valence-corrected chi connectivity index (χ3v) is 7.33. The van der Waals surface area contributed by atoms with E-state index in [0.717, 1.165) is 74.3 Å². The fourth-order valence-electron chi connectivity index (χ4n) is 5.74. The van der Waals surface area contributed by atoms with Gasteiger partial charge in [-0.1, -0.05) is 6.07 Å². The number of methoxy groups -OCH3 is 1. The Labute approximate surface area is 215 Å². The van der Waals surface area contributed by atoms with E-state index in [1.165, 1.54) is 0 Å². The first-order chi connectivity index (χ1) is 17.3. The highest BCUT2D eigenvalue weighted by Crippen LogP contribution is 2.36. The number of aliphatic hydroxyl groups is 1. The fourth-order valence-corrected chi connectivity index (χ4v) is 5.74. The summed E-state index contributed by atoms with van der Waals surface area (Å²) < 4.78 is 11.4. The van der Waals surface area contributed by atoms with Crippen LogP contribution in [0.1, 0.15) is 46.5 Å². The molecule has 2 atom stereocenters. The lowest BCUT2D eigenvalue weighted by atomic mass is 9.87. The number of benzene rings is 1. The molecule has 0 saturated carbocycles. The van der Waals surface area contributed by atoms with Gasteiger partial charge in [0.05, 0.1) is 12.6 Å². The number of carbonyl (C=O) groups is 1. The van der Waals surface area contributed by atoms with Gasteiger partial charge in [-0.05, 0) is 70.6 Å². The molecule has 8 nitrogen and oxygen atoms in total. The predicted molar refractivity (Wildman–Crippen MR) is 143 cm³/mol. The Morgan fingerprint density at radius 3 is 2.72 bits per heavy atom. The Morgan fingerprint density at radius 2 is 1.97 bits per heavy atom. The lowest BCUT2D eigenvalue weighted by molar-refractivity contribution is 0.00685. The van der Waals surface area contributed by atoms with Crippen LogP contribution in [0.5, 0.6) is 5.75 Å². The van der Waals surface area contributed by atoms with Gasteiger partial charge in [0.1, 0.15) is 17.0 Å². The summed E-state index contributed by atoms with van der Waals surface area (Å²) in [6.07, 6.45) is 5.36. The molecule has 2 unspecified atom stereocenters. The quantitative estimate of drug-likeness (QED) is 0.641. The second-order valence-corrected chi connectivity index (χ2v) is 11.0. The van der Waals surface area contributed by atoms with Crippen molar-refractivity contribution in [3.63, 3.8) is 0 Å². The Hall–Kier alpha value is -2.58. The minimum atomic E-state index is -0.500. The second-order valence-electron chi connectivity index (χ2n) is 11.0. The van der Waals surface area contributed by atoms with Crippen LogP contribution < -0.4 is 9.64 Å². The summed E-state index contributed by atoms with van der Waals surface area (Å²) in [5, 5.41) is 11.1. The van der Waals surface area contributed by atoms with E-state index in [9.17, 15) is 9.90 Å². The molecule has 8 heteroatoms. The minimum Gasteiger partial charge on any atom is -0.494 e. The first kappa shape index (κ1) is 26.5. The van der Waals surface area contributed by atoms with Gasteiger partial charge in [-0.3, -0.25) is 9.88 Å². The first-order valence-corrected chi connectivity index (χ1v) is 13.3. The van der Waals surface area contributed by atoms with E-state index >= 15 is 0 Å². The molecule has 2 aliphatic rings. The van der Waals surface area contributed by atoms with Gasteiger partial charge in [-0.2, -0.15) is 0 Å². The lowest BCUT2D eigenvalue weighted by Gasteiger charge is -2.42. The number of carbonyl (C=O) groups excluding carboxylic acids is 1. The molecule has 198 valence electrons. The number of aromatic nitrogens is 1. The molecule has 2 saturated heterocycles. The van der Waals surface area contributed by atoms with E-state index in [1.807, 2.05) is 44.0 Å². The van der Waals surface area contributed by atoms with Crippen LogP contribution in [0.25, 0.3) is 10.9 Å². The monoisotopic (exact) mass is 498 g/mol. The Morgan fingerprint density at radius 1 is 1.14 bits per heavy atom. The van der Waals surface area contributed by atoms with Crippen molar-refractivity contribution in [1.29, 1.82) is 0 Å². The van der Waals surface area contributed by atoms with Crippen LogP contribution in [0.4, 0.5) is 10.5 Å². The number of rotatable bonds is 6. The number of piperidine rings is 1. The van der Waals surface area contributed by atoms with Crippen LogP contribution in [0.2, 0.25) is 0 Å². The molecular weight excluding hydrogens is 456 g/mol. The normalized spacial score (nSPS) is 20.8. The minimum absolute atomic E-state index is 0.148. The number of ether oxygens (including phenoxy) is 2. The third kappa shape index (κ3) is 6.21. The number of amides is 1. The average molecular weight is 499 g/mol. The molecule has 2 aromatic rings. The molecule has 0 bridgehead atoms. The maximum absolute atomic E-state index is 12.8. The summed E-state index contributed by atoms with van der Waals surface area (Å²) in [4.78, 5) is 24.2. The first-order valence-electron chi connectivity index (χ1n) is 13.3. The Kier molecular flexibility index (Phi) is 8.57. The van der Waals surface area contributed by atoms with Crippen molar-refractivity contribution in [3.8, 4) is 5.75 Å². The van der Waals surface area contributed by atoms with Crippen molar-refractivity contribution < 1.29 is 19.4 Å². The number of fused-ring (bicyclic) bond motifs is 1. The highest BCUT2D eigenvalue weighted by molar-refractivity contribution is 5.94. The molecule has 3 heterocycles. The predicted octanol–water partition coefficient (Wildman–Crippen LogP) is 4.15. The molecule has 36 heavy (non-hydrogen) atoms. The summed E-state index contributed by atoms with van der Waals surface area (Å²) in [6, 6.07) is 8.38. The van der Waals surface area contributed by atoms with E-state index in [-0.39, 0.29) is 18.7 Å². The van der Waals surface area contributed by atoms with Gasteiger partial charge in [0.2, 0.25) is 0 Å². The van der Waals surface area contributed by atoms with Crippen molar-refractivity contribution in [2.75, 3.05) is 57.9 Å². The average Bonchev–Trinajstić information content (AvgIpc) is 3.11. The van der Waals surface area contributed by atoms with Crippen molar-refractivity contribution >= 4 is 22.7 Å². The molecule has 0 aliphatic carbocycles. The van der Waals surface area contributed by atoms with Crippen molar-refractivity contribution in [2.24, 2.45) is 5.92 Å². The summed E-state index contributed by atoms with van der Waals surface area (Å²) >= 11 is 0. The van der Waals surface area contributed by atoms with E-state index in [0.29, 0.717) is 18.9 Å². The Bertz CT molecular complexity index is 1020. The van der Waals surface area contributed by atoms with Crippen LogP contribution >= 0.6 is 0 Å².